The number of H-pyrrole nitrogens is 1. The Morgan fingerprint density at radius 1 is 0.933 bits per heavy atom. The van der Waals surface area contributed by atoms with Gasteiger partial charge < -0.3 is 9.88 Å². The Kier molecular flexibility index (Phi) is 4.79. The first kappa shape index (κ1) is 19.7. The third kappa shape index (κ3) is 3.42. The van der Waals surface area contributed by atoms with Crippen LogP contribution in [0, 0.1) is 0 Å². The van der Waals surface area contributed by atoms with Crippen molar-refractivity contribution in [1.82, 2.24) is 9.88 Å². The number of hydrogen-bond donors (Lipinski definition) is 2. The first-order valence-corrected chi connectivity index (χ1v) is 10.6. The molecule has 0 aliphatic carbocycles. The van der Waals surface area contributed by atoms with Crippen molar-refractivity contribution in [3.05, 3.63) is 72.4 Å². The van der Waals surface area contributed by atoms with Crippen LogP contribution in [0.5, 0.6) is 0 Å². The average molecular weight is 421 g/mol. The largest absolute Gasteiger partial charge is 0.360 e. The zero-order chi connectivity index (χ0) is 21.5. The highest BCUT2D eigenvalue weighted by Crippen LogP contribution is 2.27. The molecule has 0 aliphatic heterocycles. The van der Waals surface area contributed by atoms with Gasteiger partial charge >= 0.3 is 0 Å². The molecule has 0 unspecified atom stereocenters. The lowest BCUT2D eigenvalue weighted by atomic mass is 10.1. The highest BCUT2D eigenvalue weighted by atomic mass is 32.2. The van der Waals surface area contributed by atoms with Crippen molar-refractivity contribution in [3.63, 3.8) is 0 Å². The van der Waals surface area contributed by atoms with Gasteiger partial charge in [0.05, 0.1) is 10.5 Å². The Labute approximate surface area is 173 Å². The van der Waals surface area contributed by atoms with Crippen molar-refractivity contribution < 1.29 is 18.0 Å². The number of likely N-dealkylation sites (N-methyl/N-ethyl adjacent to an activating group) is 1. The van der Waals surface area contributed by atoms with Crippen molar-refractivity contribution in [3.8, 4) is 0 Å². The second-order valence-corrected chi connectivity index (χ2v) is 8.73. The van der Waals surface area contributed by atoms with Crippen molar-refractivity contribution in [2.24, 2.45) is 0 Å². The van der Waals surface area contributed by atoms with E-state index in [9.17, 15) is 18.0 Å². The van der Waals surface area contributed by atoms with E-state index in [4.69, 9.17) is 0 Å². The highest BCUT2D eigenvalue weighted by molar-refractivity contribution is 7.93. The van der Waals surface area contributed by atoms with Crippen LogP contribution in [0.2, 0.25) is 0 Å². The smallest absolute Gasteiger partial charge is 0.294 e. The quantitative estimate of drug-likeness (QED) is 0.381. The minimum absolute atomic E-state index is 0.161. The first-order valence-electron chi connectivity index (χ1n) is 9.15. The number of sulfonamides is 1. The van der Waals surface area contributed by atoms with Gasteiger partial charge in [0.2, 0.25) is 0 Å². The van der Waals surface area contributed by atoms with Gasteiger partial charge in [0.1, 0.15) is 0 Å². The Morgan fingerprint density at radius 3 is 2.43 bits per heavy atom. The monoisotopic (exact) mass is 421 g/mol. The van der Waals surface area contributed by atoms with E-state index in [0.29, 0.717) is 22.0 Å². The lowest BCUT2D eigenvalue weighted by Gasteiger charge is -2.11. The number of aromatic nitrogens is 1. The number of amides is 1. The Bertz CT molecular complexity index is 1400. The van der Waals surface area contributed by atoms with Gasteiger partial charge in [-0.2, -0.15) is 0 Å². The van der Waals surface area contributed by atoms with Gasteiger partial charge in [0.15, 0.2) is 0 Å². The van der Waals surface area contributed by atoms with Crippen molar-refractivity contribution in [1.29, 1.82) is 0 Å². The average Bonchev–Trinajstić information content (AvgIpc) is 3.15. The lowest BCUT2D eigenvalue weighted by molar-refractivity contribution is -0.124. The van der Waals surface area contributed by atoms with E-state index < -0.39 is 21.7 Å². The maximum Gasteiger partial charge on any atom is 0.294 e. The summed E-state index contributed by atoms with van der Waals surface area (Å²) in [5.41, 5.74) is 1.11. The molecule has 0 saturated carbocycles. The number of hydrogen-bond acceptors (Lipinski definition) is 4. The van der Waals surface area contributed by atoms with E-state index in [1.165, 1.54) is 25.2 Å². The molecule has 152 valence electrons. The topological polar surface area (TPSA) is 99.3 Å². The van der Waals surface area contributed by atoms with E-state index in [-0.39, 0.29) is 10.5 Å². The third-order valence-electron chi connectivity index (χ3n) is 4.82. The van der Waals surface area contributed by atoms with Crippen molar-refractivity contribution in [2.75, 3.05) is 18.8 Å². The van der Waals surface area contributed by atoms with Crippen LogP contribution in [-0.2, 0) is 14.8 Å². The molecule has 30 heavy (non-hydrogen) atoms. The number of fused-ring (bicyclic) bond motifs is 2. The molecule has 1 aromatic heterocycles. The summed E-state index contributed by atoms with van der Waals surface area (Å²) < 4.78 is 28.7. The molecular weight excluding hydrogens is 402 g/mol. The number of nitrogens with one attached hydrogen (secondary N) is 2. The molecule has 0 aliphatic rings. The molecule has 1 amide bonds. The predicted octanol–water partition coefficient (Wildman–Crippen LogP) is 3.39. The SMILES string of the molecule is CN(C)C(=O)C(=O)c1c[nH]c2ccc(NS(=O)(=O)c3cccc4ccccc34)cc12. The fourth-order valence-corrected chi connectivity index (χ4v) is 4.61. The molecule has 3 aromatic carbocycles. The van der Waals surface area contributed by atoms with E-state index >= 15 is 0 Å². The lowest BCUT2D eigenvalue weighted by Crippen LogP contribution is -2.29. The number of nitrogens with zero attached hydrogens (tertiary/aromatic N) is 1. The molecule has 0 spiro atoms. The number of benzene rings is 3. The second-order valence-electron chi connectivity index (χ2n) is 7.07. The van der Waals surface area contributed by atoms with Gasteiger partial charge in [0, 0.05) is 42.3 Å². The van der Waals surface area contributed by atoms with Crippen LogP contribution >= 0.6 is 0 Å². The maximum atomic E-state index is 13.1. The summed E-state index contributed by atoms with van der Waals surface area (Å²) in [6.45, 7) is 0. The number of ketones is 1. The summed E-state index contributed by atoms with van der Waals surface area (Å²) >= 11 is 0. The Morgan fingerprint density at radius 2 is 1.67 bits per heavy atom. The first-order chi connectivity index (χ1) is 14.3. The fourth-order valence-electron chi connectivity index (χ4n) is 3.33. The fraction of sp³-hybridized carbons (Fsp3) is 0.0909. The molecule has 4 rings (SSSR count). The zero-order valence-corrected chi connectivity index (χ0v) is 17.2. The number of rotatable bonds is 5. The van der Waals surface area contributed by atoms with Crippen molar-refractivity contribution >= 4 is 49.1 Å². The summed E-state index contributed by atoms with van der Waals surface area (Å²) in [7, 11) is -0.877. The van der Waals surface area contributed by atoms with Gasteiger partial charge in [-0.15, -0.1) is 0 Å². The molecule has 0 fully saturated rings. The standard InChI is InChI=1S/C22H19N3O4S/c1-25(2)22(27)21(26)18-13-23-19-11-10-15(12-17(18)19)24-30(28,29)20-9-5-7-14-6-3-4-8-16(14)20/h3-13,23-24H,1-2H3. The van der Waals surface area contributed by atoms with E-state index in [0.717, 1.165) is 5.39 Å². The second kappa shape index (κ2) is 7.31. The van der Waals surface area contributed by atoms with Crippen LogP contribution in [0.3, 0.4) is 0 Å². The predicted molar refractivity (Wildman–Crippen MR) is 116 cm³/mol. The van der Waals surface area contributed by atoms with Gasteiger partial charge in [-0.1, -0.05) is 36.4 Å². The molecule has 4 aromatic rings. The van der Waals surface area contributed by atoms with Crippen LogP contribution in [-0.4, -0.2) is 44.1 Å². The summed E-state index contributed by atoms with van der Waals surface area (Å²) in [5, 5.41) is 1.90. The van der Waals surface area contributed by atoms with Crippen LogP contribution < -0.4 is 4.72 Å². The van der Waals surface area contributed by atoms with Crippen LogP contribution in [0.25, 0.3) is 21.7 Å². The van der Waals surface area contributed by atoms with Gasteiger partial charge in [0.25, 0.3) is 21.7 Å². The molecule has 0 bridgehead atoms. The maximum absolute atomic E-state index is 13.1. The normalized spacial score (nSPS) is 11.5. The highest BCUT2D eigenvalue weighted by Gasteiger charge is 2.22. The third-order valence-corrected chi connectivity index (χ3v) is 6.26. The van der Waals surface area contributed by atoms with Gasteiger partial charge in [-0.3, -0.25) is 14.3 Å². The summed E-state index contributed by atoms with van der Waals surface area (Å²) in [4.78, 5) is 28.8. The number of carbonyl (C=O) groups is 2. The molecule has 0 saturated heterocycles. The van der Waals surface area contributed by atoms with Crippen LogP contribution in [0.1, 0.15) is 10.4 Å². The van der Waals surface area contributed by atoms with Gasteiger partial charge in [-0.05, 0) is 29.7 Å². The van der Waals surface area contributed by atoms with Gasteiger partial charge in [-0.25, -0.2) is 8.42 Å². The molecular formula is C22H19N3O4S. The summed E-state index contributed by atoms with van der Waals surface area (Å²) in [5.74, 6) is -1.32. The molecule has 2 N–H and O–H groups in total. The minimum Gasteiger partial charge on any atom is -0.360 e. The van der Waals surface area contributed by atoms with Crippen LogP contribution in [0.15, 0.2) is 71.8 Å². The van der Waals surface area contributed by atoms with E-state index in [1.807, 2.05) is 18.2 Å². The number of carbonyl (C=O) groups excluding carboxylic acids is 2. The molecule has 0 atom stereocenters. The van der Waals surface area contributed by atoms with E-state index in [1.54, 1.807) is 42.5 Å². The van der Waals surface area contributed by atoms with E-state index in [2.05, 4.69) is 9.71 Å². The minimum atomic E-state index is -3.87. The molecule has 0 radical (unpaired) electrons. The van der Waals surface area contributed by atoms with Crippen molar-refractivity contribution in [2.45, 2.75) is 4.90 Å². The number of anilines is 1. The Hall–Kier alpha value is -3.65. The number of aromatic amines is 1. The molecule has 1 heterocycles. The summed E-state index contributed by atoms with van der Waals surface area (Å²) in [6.07, 6.45) is 1.46. The van der Waals surface area contributed by atoms with Crippen LogP contribution in [0.4, 0.5) is 5.69 Å². The zero-order valence-electron chi connectivity index (χ0n) is 16.3. The molecule has 7 nitrogen and oxygen atoms in total. The number of Topliss-reactive ketones (excluding diaryl/α,β-unsaturated/α-hetero) is 1. The Balaban J connectivity index is 1.74. The summed E-state index contributed by atoms with van der Waals surface area (Å²) in [6, 6.07) is 17.1. The molecule has 8 heteroatoms.